The minimum atomic E-state index is 0.732. The number of anilines is 1. The summed E-state index contributed by atoms with van der Waals surface area (Å²) in [5.74, 6) is 1.74. The van der Waals surface area contributed by atoms with Gasteiger partial charge in [-0.1, -0.05) is 51.0 Å². The lowest BCUT2D eigenvalue weighted by Gasteiger charge is -2.14. The van der Waals surface area contributed by atoms with Crippen LogP contribution >= 0.6 is 0 Å². The number of benzene rings is 1. The fourth-order valence-electron chi connectivity index (χ4n) is 2.08. The Morgan fingerprint density at radius 2 is 1.88 bits per heavy atom. The maximum atomic E-state index is 4.44. The molecule has 0 atom stereocenters. The maximum Gasteiger partial charge on any atom is 0.133 e. The Bertz CT molecular complexity index is 470. The summed E-state index contributed by atoms with van der Waals surface area (Å²) < 4.78 is 0. The van der Waals surface area contributed by atoms with Crippen molar-refractivity contribution in [2.75, 3.05) is 11.9 Å². The lowest BCUT2D eigenvalue weighted by molar-refractivity contribution is 0.518. The molecule has 1 heterocycles. The number of pyridine rings is 1. The summed E-state index contributed by atoms with van der Waals surface area (Å²) >= 11 is 0. The van der Waals surface area contributed by atoms with Crippen LogP contribution in [0.1, 0.15) is 26.7 Å². The van der Waals surface area contributed by atoms with Crippen LogP contribution < -0.4 is 5.32 Å². The van der Waals surface area contributed by atoms with Crippen molar-refractivity contribution in [2.24, 2.45) is 5.92 Å². The van der Waals surface area contributed by atoms with E-state index >= 15 is 0 Å². The summed E-state index contributed by atoms with van der Waals surface area (Å²) in [4.78, 5) is 4.44. The summed E-state index contributed by atoms with van der Waals surface area (Å²) in [5, 5.41) is 5.93. The van der Waals surface area contributed by atoms with E-state index in [-0.39, 0.29) is 0 Å². The first-order chi connectivity index (χ1) is 8.35. The molecule has 0 aliphatic heterocycles. The molecule has 0 radical (unpaired) electrons. The minimum absolute atomic E-state index is 0.732. The lowest BCUT2D eigenvalue weighted by atomic mass is 10.0. The molecular formula is C15H20N2. The molecule has 0 unspecified atom stereocenters. The number of aromatic nitrogens is 1. The van der Waals surface area contributed by atoms with Crippen LogP contribution in [-0.2, 0) is 0 Å². The quantitative estimate of drug-likeness (QED) is 0.834. The van der Waals surface area contributed by atoms with Crippen molar-refractivity contribution in [3.05, 3.63) is 36.5 Å². The third-order valence-corrected chi connectivity index (χ3v) is 3.39. The van der Waals surface area contributed by atoms with E-state index in [0.717, 1.165) is 18.3 Å². The third kappa shape index (κ3) is 2.76. The highest BCUT2D eigenvalue weighted by molar-refractivity contribution is 5.91. The Morgan fingerprint density at radius 1 is 1.12 bits per heavy atom. The first-order valence-corrected chi connectivity index (χ1v) is 6.42. The highest BCUT2D eigenvalue weighted by Crippen LogP contribution is 2.21. The fraction of sp³-hybridized carbons (Fsp3) is 0.400. The summed E-state index contributed by atoms with van der Waals surface area (Å²) in [6, 6.07) is 10.4. The van der Waals surface area contributed by atoms with Crippen molar-refractivity contribution >= 4 is 16.6 Å². The molecule has 1 aromatic carbocycles. The molecule has 1 aromatic heterocycles. The van der Waals surface area contributed by atoms with Crippen LogP contribution in [0, 0.1) is 5.92 Å². The van der Waals surface area contributed by atoms with Crippen molar-refractivity contribution in [1.29, 1.82) is 0 Å². The van der Waals surface area contributed by atoms with Gasteiger partial charge in [-0.15, -0.1) is 0 Å². The fourth-order valence-corrected chi connectivity index (χ4v) is 2.08. The second-order valence-corrected chi connectivity index (χ2v) is 4.44. The average Bonchev–Trinajstić information content (AvgIpc) is 2.40. The molecule has 90 valence electrons. The second-order valence-electron chi connectivity index (χ2n) is 4.44. The van der Waals surface area contributed by atoms with Gasteiger partial charge in [0, 0.05) is 18.1 Å². The van der Waals surface area contributed by atoms with Crippen LogP contribution in [0.25, 0.3) is 10.8 Å². The molecular weight excluding hydrogens is 208 g/mol. The standard InChI is InChI=1S/C15H20N2/c1-3-12(4-2)11-17-15-14-8-6-5-7-13(14)9-10-16-15/h5-10,12H,3-4,11H2,1-2H3,(H,16,17). The monoisotopic (exact) mass is 228 g/mol. The Kier molecular flexibility index (Phi) is 3.97. The molecule has 2 aromatic rings. The Balaban J connectivity index is 2.18. The van der Waals surface area contributed by atoms with Crippen molar-refractivity contribution in [2.45, 2.75) is 26.7 Å². The maximum absolute atomic E-state index is 4.44. The molecule has 0 bridgehead atoms. The second kappa shape index (κ2) is 5.67. The van der Waals surface area contributed by atoms with Gasteiger partial charge in [-0.25, -0.2) is 4.98 Å². The minimum Gasteiger partial charge on any atom is -0.369 e. The number of hydrogen-bond donors (Lipinski definition) is 1. The van der Waals surface area contributed by atoms with Crippen LogP contribution in [0.3, 0.4) is 0 Å². The first kappa shape index (κ1) is 11.9. The summed E-state index contributed by atoms with van der Waals surface area (Å²) in [7, 11) is 0. The number of nitrogens with zero attached hydrogens (tertiary/aromatic N) is 1. The molecule has 2 nitrogen and oxygen atoms in total. The molecule has 0 saturated carbocycles. The van der Waals surface area contributed by atoms with Crippen LogP contribution in [0.5, 0.6) is 0 Å². The Morgan fingerprint density at radius 3 is 2.65 bits per heavy atom. The van der Waals surface area contributed by atoms with E-state index in [1.54, 1.807) is 0 Å². The van der Waals surface area contributed by atoms with E-state index in [4.69, 9.17) is 0 Å². The predicted octanol–water partition coefficient (Wildman–Crippen LogP) is 4.08. The smallest absolute Gasteiger partial charge is 0.133 e. The molecule has 1 N–H and O–H groups in total. The number of rotatable bonds is 5. The van der Waals surface area contributed by atoms with Gasteiger partial charge in [0.15, 0.2) is 0 Å². The molecule has 0 saturated heterocycles. The van der Waals surface area contributed by atoms with Crippen molar-refractivity contribution in [1.82, 2.24) is 4.98 Å². The van der Waals surface area contributed by atoms with E-state index in [1.807, 2.05) is 6.20 Å². The molecule has 17 heavy (non-hydrogen) atoms. The van der Waals surface area contributed by atoms with Crippen LogP contribution in [0.4, 0.5) is 5.82 Å². The Hall–Kier alpha value is -1.57. The summed E-state index contributed by atoms with van der Waals surface area (Å²) in [6.07, 6.45) is 4.31. The van der Waals surface area contributed by atoms with Gasteiger partial charge in [0.05, 0.1) is 0 Å². The van der Waals surface area contributed by atoms with Gasteiger partial charge in [-0.3, -0.25) is 0 Å². The predicted molar refractivity (Wildman–Crippen MR) is 74.3 cm³/mol. The van der Waals surface area contributed by atoms with Crippen molar-refractivity contribution in [3.63, 3.8) is 0 Å². The topological polar surface area (TPSA) is 24.9 Å². The van der Waals surface area contributed by atoms with E-state index in [1.165, 1.54) is 23.6 Å². The van der Waals surface area contributed by atoms with E-state index in [2.05, 4.69) is 54.5 Å². The van der Waals surface area contributed by atoms with Gasteiger partial charge in [0.2, 0.25) is 0 Å². The third-order valence-electron chi connectivity index (χ3n) is 3.39. The Labute approximate surface area is 103 Å². The number of nitrogens with one attached hydrogen (secondary N) is 1. The van der Waals surface area contributed by atoms with Crippen LogP contribution in [-0.4, -0.2) is 11.5 Å². The largest absolute Gasteiger partial charge is 0.369 e. The normalized spacial score (nSPS) is 11.0. The van der Waals surface area contributed by atoms with Gasteiger partial charge in [0.1, 0.15) is 5.82 Å². The molecule has 0 fully saturated rings. The zero-order chi connectivity index (χ0) is 12.1. The van der Waals surface area contributed by atoms with E-state index < -0.39 is 0 Å². The van der Waals surface area contributed by atoms with E-state index in [9.17, 15) is 0 Å². The highest BCUT2D eigenvalue weighted by atomic mass is 15.0. The van der Waals surface area contributed by atoms with Crippen molar-refractivity contribution in [3.8, 4) is 0 Å². The summed E-state index contributed by atoms with van der Waals surface area (Å²) in [6.45, 7) is 5.49. The first-order valence-electron chi connectivity index (χ1n) is 6.42. The van der Waals surface area contributed by atoms with Crippen molar-refractivity contribution < 1.29 is 0 Å². The molecule has 0 aliphatic carbocycles. The van der Waals surface area contributed by atoms with Gasteiger partial charge >= 0.3 is 0 Å². The van der Waals surface area contributed by atoms with E-state index in [0.29, 0.717) is 0 Å². The molecule has 2 heteroatoms. The van der Waals surface area contributed by atoms with Crippen LogP contribution in [0.15, 0.2) is 36.5 Å². The number of hydrogen-bond acceptors (Lipinski definition) is 2. The zero-order valence-electron chi connectivity index (χ0n) is 10.6. The van der Waals surface area contributed by atoms with Crippen LogP contribution in [0.2, 0.25) is 0 Å². The molecule has 0 spiro atoms. The molecule has 0 aliphatic rings. The zero-order valence-corrected chi connectivity index (χ0v) is 10.6. The average molecular weight is 228 g/mol. The van der Waals surface area contributed by atoms with Gasteiger partial charge in [-0.2, -0.15) is 0 Å². The lowest BCUT2D eigenvalue weighted by Crippen LogP contribution is -2.13. The SMILES string of the molecule is CCC(CC)CNc1nccc2ccccc12. The van der Waals surface area contributed by atoms with Gasteiger partial charge < -0.3 is 5.32 Å². The molecule has 2 rings (SSSR count). The number of fused-ring (bicyclic) bond motifs is 1. The van der Waals surface area contributed by atoms with Gasteiger partial charge in [-0.05, 0) is 17.4 Å². The summed E-state index contributed by atoms with van der Waals surface area (Å²) in [5.41, 5.74) is 0. The molecule has 0 amide bonds. The van der Waals surface area contributed by atoms with Gasteiger partial charge in [0.25, 0.3) is 0 Å². The highest BCUT2D eigenvalue weighted by Gasteiger charge is 2.05.